The molecule has 0 N–H and O–H groups in total. The van der Waals surface area contributed by atoms with E-state index in [1.807, 2.05) is 26.0 Å². The average molecular weight is 280 g/mol. The smallest absolute Gasteiger partial charge is 0.217 e. The van der Waals surface area contributed by atoms with E-state index in [2.05, 4.69) is 16.8 Å². The fraction of sp³-hybridized carbons (Fsp3) is 0.400. The number of ether oxygens (including phenoxy) is 1. The van der Waals surface area contributed by atoms with Crippen molar-refractivity contribution in [1.29, 1.82) is 0 Å². The minimum absolute atomic E-state index is 0.808. The first kappa shape index (κ1) is 16.2. The molecule has 5 nitrogen and oxygen atoms in total. The molecule has 0 fully saturated rings. The summed E-state index contributed by atoms with van der Waals surface area (Å²) in [5.74, 6) is 0.979. The zero-order valence-electron chi connectivity index (χ0n) is 10.1. The van der Waals surface area contributed by atoms with Crippen LogP contribution in [-0.2, 0) is 27.2 Å². The lowest BCUT2D eigenvalue weighted by molar-refractivity contribution is 0.314. The summed E-state index contributed by atoms with van der Waals surface area (Å²) in [5, 5.41) is 0. The van der Waals surface area contributed by atoms with Crippen LogP contribution in [0.4, 0.5) is 0 Å². The lowest BCUT2D eigenvalue weighted by Gasteiger charge is -2.06. The van der Waals surface area contributed by atoms with Gasteiger partial charge in [-0.05, 0) is 49.7 Å². The van der Waals surface area contributed by atoms with E-state index in [0.29, 0.717) is 0 Å². The second-order valence-corrected chi connectivity index (χ2v) is 4.95. The van der Waals surface area contributed by atoms with Gasteiger partial charge in [-0.2, -0.15) is 0 Å². The van der Waals surface area contributed by atoms with Crippen molar-refractivity contribution < 1.29 is 21.9 Å². The van der Waals surface area contributed by atoms with Crippen molar-refractivity contribution in [2.24, 2.45) is 0 Å². The fourth-order valence-electron chi connectivity index (χ4n) is 1.27. The van der Waals surface area contributed by atoms with Crippen LogP contribution in [0.15, 0.2) is 17.0 Å². The summed E-state index contributed by atoms with van der Waals surface area (Å²) in [4.78, 5) is 1.10. The molecule has 0 saturated heterocycles. The number of aryl methyl sites for hydroxylation is 2. The van der Waals surface area contributed by atoms with E-state index in [1.54, 1.807) is 7.11 Å². The Hall–Kier alpha value is -0.760. The van der Waals surface area contributed by atoms with Crippen LogP contribution in [0.1, 0.15) is 11.1 Å². The molecule has 0 saturated carbocycles. The third-order valence-electron chi connectivity index (χ3n) is 1.87. The number of hydrogen-bond acceptors (Lipinski definition) is 5. The van der Waals surface area contributed by atoms with Gasteiger partial charge in [0.15, 0.2) is 4.90 Å². The molecule has 0 amide bonds. The molecule has 0 aliphatic heterocycles. The normalized spacial score (nSPS) is 10.5. The van der Waals surface area contributed by atoms with Gasteiger partial charge in [0.05, 0.1) is 14.2 Å². The van der Waals surface area contributed by atoms with Gasteiger partial charge in [0.1, 0.15) is 5.75 Å². The Morgan fingerprint density at radius 3 is 1.76 bits per heavy atom. The van der Waals surface area contributed by atoms with E-state index in [-0.39, 0.29) is 0 Å². The SMILES string of the molecule is COS(=O)(=O)[O-].COc1c(C)cc([SH2+])cc1C. The Labute approximate surface area is 107 Å². The maximum atomic E-state index is 9.22. The van der Waals surface area contributed by atoms with Gasteiger partial charge in [-0.3, -0.25) is 4.18 Å². The van der Waals surface area contributed by atoms with Crippen LogP contribution in [0.3, 0.4) is 0 Å². The molecule has 0 bridgehead atoms. The van der Waals surface area contributed by atoms with Crippen LogP contribution < -0.4 is 4.74 Å². The summed E-state index contributed by atoms with van der Waals surface area (Å²) >= 11 is 3.47. The number of rotatable bonds is 2. The first-order valence-electron chi connectivity index (χ1n) is 4.59. The summed E-state index contributed by atoms with van der Waals surface area (Å²) < 4.78 is 36.2. The quantitative estimate of drug-likeness (QED) is 0.454. The molecule has 98 valence electrons. The van der Waals surface area contributed by atoms with Crippen LogP contribution in [-0.4, -0.2) is 27.2 Å². The zero-order chi connectivity index (χ0) is 13.6. The van der Waals surface area contributed by atoms with Crippen LogP contribution >= 0.6 is 0 Å². The van der Waals surface area contributed by atoms with Crippen LogP contribution in [0.2, 0.25) is 0 Å². The van der Waals surface area contributed by atoms with Gasteiger partial charge in [-0.1, -0.05) is 0 Å². The van der Waals surface area contributed by atoms with Crippen LogP contribution in [0.5, 0.6) is 5.75 Å². The highest BCUT2D eigenvalue weighted by atomic mass is 32.3. The standard InChI is InChI=1S/C9H12OS.CH4O4S/c1-6-4-8(11)5-7(2)9(6)10-3;1-5-6(2,3)4/h4-5,11H,1-3H3;1H3,(H,2,3,4). The van der Waals surface area contributed by atoms with Gasteiger partial charge in [-0.25, -0.2) is 8.42 Å². The largest absolute Gasteiger partial charge is 0.726 e. The molecule has 0 radical (unpaired) electrons. The van der Waals surface area contributed by atoms with Crippen molar-refractivity contribution in [3.05, 3.63) is 23.3 Å². The van der Waals surface area contributed by atoms with E-state index in [1.165, 1.54) is 0 Å². The molecule has 7 heteroatoms. The fourth-order valence-corrected chi connectivity index (χ4v) is 1.71. The van der Waals surface area contributed by atoms with Crippen molar-refractivity contribution in [2.45, 2.75) is 18.7 Å². The molecular formula is C10H16O5S2. The van der Waals surface area contributed by atoms with Gasteiger partial charge in [-0.15, -0.1) is 0 Å². The third-order valence-corrected chi connectivity index (χ3v) is 2.57. The minimum Gasteiger partial charge on any atom is -0.726 e. The highest BCUT2D eigenvalue weighted by Gasteiger charge is 2.04. The van der Waals surface area contributed by atoms with Crippen molar-refractivity contribution >= 4 is 23.0 Å². The van der Waals surface area contributed by atoms with Crippen molar-refractivity contribution in [1.82, 2.24) is 0 Å². The molecule has 0 unspecified atom stereocenters. The molecular weight excluding hydrogens is 264 g/mol. The topological polar surface area (TPSA) is 75.7 Å². The second-order valence-electron chi connectivity index (χ2n) is 3.22. The van der Waals surface area contributed by atoms with E-state index < -0.39 is 10.4 Å². The molecule has 0 spiro atoms. The summed E-state index contributed by atoms with van der Waals surface area (Å²) in [6, 6.07) is 4.09. The molecule has 1 aromatic carbocycles. The number of methoxy groups -OCH3 is 1. The Bertz CT molecular complexity index is 445. The van der Waals surface area contributed by atoms with Gasteiger partial charge in [0, 0.05) is 0 Å². The molecule has 0 heterocycles. The molecule has 0 atom stereocenters. The molecule has 0 aromatic heterocycles. The number of hydrogen-bond donors (Lipinski definition) is 0. The highest BCUT2D eigenvalue weighted by molar-refractivity contribution is 7.80. The van der Waals surface area contributed by atoms with E-state index in [4.69, 9.17) is 4.74 Å². The highest BCUT2D eigenvalue weighted by Crippen LogP contribution is 2.23. The van der Waals surface area contributed by atoms with Crippen molar-refractivity contribution in [2.75, 3.05) is 14.2 Å². The van der Waals surface area contributed by atoms with Crippen molar-refractivity contribution in [3.8, 4) is 5.75 Å². The Morgan fingerprint density at radius 2 is 1.53 bits per heavy atom. The molecule has 1 rings (SSSR count). The second kappa shape index (κ2) is 6.85. The van der Waals surface area contributed by atoms with Crippen molar-refractivity contribution in [3.63, 3.8) is 0 Å². The first-order valence-corrected chi connectivity index (χ1v) is 6.43. The summed E-state index contributed by atoms with van der Waals surface area (Å²) in [7, 11) is -1.91. The minimum atomic E-state index is -4.41. The van der Waals surface area contributed by atoms with E-state index >= 15 is 0 Å². The average Bonchev–Trinajstić information content (AvgIpc) is 2.16. The Morgan fingerprint density at radius 1 is 1.18 bits per heavy atom. The maximum absolute atomic E-state index is 9.22. The summed E-state index contributed by atoms with van der Waals surface area (Å²) in [5.41, 5.74) is 2.33. The van der Waals surface area contributed by atoms with E-state index in [9.17, 15) is 13.0 Å². The third kappa shape index (κ3) is 6.52. The molecule has 0 aliphatic rings. The van der Waals surface area contributed by atoms with Crippen LogP contribution in [0, 0.1) is 13.8 Å². The van der Waals surface area contributed by atoms with Gasteiger partial charge >= 0.3 is 0 Å². The van der Waals surface area contributed by atoms with Gasteiger partial charge in [0.2, 0.25) is 10.4 Å². The summed E-state index contributed by atoms with van der Waals surface area (Å²) in [6.45, 7) is 4.07. The van der Waals surface area contributed by atoms with Gasteiger partial charge in [0.25, 0.3) is 0 Å². The monoisotopic (exact) mass is 280 g/mol. The molecule has 1 aromatic rings. The van der Waals surface area contributed by atoms with Crippen LogP contribution in [0.25, 0.3) is 0 Å². The summed E-state index contributed by atoms with van der Waals surface area (Å²) in [6.07, 6.45) is 0. The predicted molar refractivity (Wildman–Crippen MR) is 67.6 cm³/mol. The number of benzene rings is 1. The molecule has 17 heavy (non-hydrogen) atoms. The zero-order valence-corrected chi connectivity index (χ0v) is 11.9. The molecule has 0 aliphatic carbocycles. The first-order chi connectivity index (χ1) is 7.71. The van der Waals surface area contributed by atoms with E-state index in [0.717, 1.165) is 28.9 Å². The lowest BCUT2D eigenvalue weighted by atomic mass is 10.1. The Balaban J connectivity index is 0.000000366. The maximum Gasteiger partial charge on any atom is 0.217 e. The lowest BCUT2D eigenvalue weighted by Crippen LogP contribution is -1.97. The van der Waals surface area contributed by atoms with Gasteiger partial charge < -0.3 is 9.29 Å². The predicted octanol–water partition coefficient (Wildman–Crippen LogP) is 0.775. The Kier molecular flexibility index (Phi) is 6.54.